The predicted octanol–water partition coefficient (Wildman–Crippen LogP) is 2.22. The monoisotopic (exact) mass is 219 g/mol. The third kappa shape index (κ3) is 2.97. The summed E-state index contributed by atoms with van der Waals surface area (Å²) in [7, 11) is 0. The van der Waals surface area contributed by atoms with E-state index in [1.165, 1.54) is 0 Å². The summed E-state index contributed by atoms with van der Waals surface area (Å²) < 4.78 is 7.40. The molecule has 0 aliphatic carbocycles. The van der Waals surface area contributed by atoms with Gasteiger partial charge in [-0.25, -0.2) is 4.98 Å². The van der Waals surface area contributed by atoms with Crippen molar-refractivity contribution < 1.29 is 4.42 Å². The van der Waals surface area contributed by atoms with Gasteiger partial charge in [0.25, 0.3) is 0 Å². The van der Waals surface area contributed by atoms with Crippen molar-refractivity contribution in [3.05, 3.63) is 42.9 Å². The first-order chi connectivity index (χ1) is 7.86. The third-order valence-corrected chi connectivity index (χ3v) is 2.57. The first-order valence-electron chi connectivity index (χ1n) is 5.59. The Morgan fingerprint density at radius 2 is 2.50 bits per heavy atom. The summed E-state index contributed by atoms with van der Waals surface area (Å²) in [5.41, 5.74) is 0. The molecule has 2 aromatic rings. The van der Waals surface area contributed by atoms with E-state index in [4.69, 9.17) is 4.42 Å². The van der Waals surface area contributed by atoms with Crippen molar-refractivity contribution in [1.82, 2.24) is 14.9 Å². The molecule has 4 nitrogen and oxygen atoms in total. The summed E-state index contributed by atoms with van der Waals surface area (Å²) in [5.74, 6) is 0.989. The largest absolute Gasteiger partial charge is 0.468 e. The van der Waals surface area contributed by atoms with E-state index in [1.54, 1.807) is 12.5 Å². The van der Waals surface area contributed by atoms with Crippen LogP contribution in [-0.2, 0) is 6.54 Å². The van der Waals surface area contributed by atoms with Gasteiger partial charge in [0.2, 0.25) is 0 Å². The number of nitrogens with one attached hydrogen (secondary N) is 1. The zero-order valence-corrected chi connectivity index (χ0v) is 9.47. The van der Waals surface area contributed by atoms with Crippen LogP contribution in [0.1, 0.15) is 25.1 Å². The Morgan fingerprint density at radius 3 is 3.19 bits per heavy atom. The fourth-order valence-electron chi connectivity index (χ4n) is 1.64. The van der Waals surface area contributed by atoms with E-state index in [0.717, 1.165) is 25.3 Å². The summed E-state index contributed by atoms with van der Waals surface area (Å²) in [6, 6.07) is 4.18. The predicted molar refractivity (Wildman–Crippen MR) is 62.0 cm³/mol. The first kappa shape index (κ1) is 11.0. The average Bonchev–Trinajstić information content (AvgIpc) is 2.96. The van der Waals surface area contributed by atoms with Crippen molar-refractivity contribution in [2.45, 2.75) is 25.9 Å². The summed E-state index contributed by atoms with van der Waals surface area (Å²) in [6.45, 7) is 4.08. The molecule has 0 aliphatic rings. The van der Waals surface area contributed by atoms with Crippen LogP contribution in [0.25, 0.3) is 0 Å². The van der Waals surface area contributed by atoms with Gasteiger partial charge in [0.15, 0.2) is 0 Å². The lowest BCUT2D eigenvalue weighted by Crippen LogP contribution is -2.20. The van der Waals surface area contributed by atoms with Gasteiger partial charge in [-0.1, -0.05) is 0 Å². The highest BCUT2D eigenvalue weighted by Crippen LogP contribution is 2.11. The highest BCUT2D eigenvalue weighted by atomic mass is 16.3. The van der Waals surface area contributed by atoms with E-state index < -0.39 is 0 Å². The van der Waals surface area contributed by atoms with Gasteiger partial charge in [-0.05, 0) is 32.0 Å². The second-order valence-corrected chi connectivity index (χ2v) is 3.85. The molecule has 4 heteroatoms. The van der Waals surface area contributed by atoms with Crippen LogP contribution in [0.4, 0.5) is 0 Å². The first-order valence-corrected chi connectivity index (χ1v) is 5.59. The molecule has 16 heavy (non-hydrogen) atoms. The van der Waals surface area contributed by atoms with Crippen LogP contribution in [0.3, 0.4) is 0 Å². The molecule has 0 radical (unpaired) electrons. The number of hydrogen-bond donors (Lipinski definition) is 1. The van der Waals surface area contributed by atoms with E-state index in [1.807, 2.05) is 24.7 Å². The molecular formula is C12H17N3O. The maximum atomic E-state index is 5.32. The van der Waals surface area contributed by atoms with Crippen LogP contribution in [-0.4, -0.2) is 16.1 Å². The summed E-state index contributed by atoms with van der Waals surface area (Å²) in [4.78, 5) is 4.00. The van der Waals surface area contributed by atoms with Crippen molar-refractivity contribution in [1.29, 1.82) is 0 Å². The molecule has 0 saturated carbocycles. The molecule has 1 atom stereocenters. The number of furan rings is 1. The standard InChI is InChI=1S/C12H17N3O/c1-11(12-4-2-9-16-12)14-5-3-7-15-8-6-13-10-15/h2,4,6,8-11,14H,3,5,7H2,1H3/t11-/m0/s1. The Hall–Kier alpha value is -1.55. The normalized spacial score (nSPS) is 12.8. The molecule has 2 rings (SSSR count). The molecule has 0 aromatic carbocycles. The van der Waals surface area contributed by atoms with Gasteiger partial charge >= 0.3 is 0 Å². The summed E-state index contributed by atoms with van der Waals surface area (Å²) >= 11 is 0. The fourth-order valence-corrected chi connectivity index (χ4v) is 1.64. The Labute approximate surface area is 95.3 Å². The van der Waals surface area contributed by atoms with Crippen LogP contribution < -0.4 is 5.32 Å². The molecule has 2 heterocycles. The molecule has 0 bridgehead atoms. The van der Waals surface area contributed by atoms with Crippen molar-refractivity contribution in [2.75, 3.05) is 6.54 Å². The highest BCUT2D eigenvalue weighted by Gasteiger charge is 2.05. The molecule has 86 valence electrons. The van der Waals surface area contributed by atoms with Crippen molar-refractivity contribution in [2.24, 2.45) is 0 Å². The molecule has 0 fully saturated rings. The lowest BCUT2D eigenvalue weighted by molar-refractivity contribution is 0.424. The third-order valence-electron chi connectivity index (χ3n) is 2.57. The van der Waals surface area contributed by atoms with Gasteiger partial charge in [-0.3, -0.25) is 0 Å². The lowest BCUT2D eigenvalue weighted by atomic mass is 10.2. The maximum absolute atomic E-state index is 5.32. The number of hydrogen-bond acceptors (Lipinski definition) is 3. The van der Waals surface area contributed by atoms with E-state index in [9.17, 15) is 0 Å². The molecule has 0 unspecified atom stereocenters. The van der Waals surface area contributed by atoms with Gasteiger partial charge in [-0.15, -0.1) is 0 Å². The van der Waals surface area contributed by atoms with Crippen molar-refractivity contribution in [3.8, 4) is 0 Å². The average molecular weight is 219 g/mol. The van der Waals surface area contributed by atoms with Crippen molar-refractivity contribution >= 4 is 0 Å². The van der Waals surface area contributed by atoms with Gasteiger partial charge in [0.05, 0.1) is 18.6 Å². The van der Waals surface area contributed by atoms with Crippen LogP contribution in [0.2, 0.25) is 0 Å². The zero-order chi connectivity index (χ0) is 11.2. The number of nitrogens with zero attached hydrogens (tertiary/aromatic N) is 2. The molecule has 0 amide bonds. The smallest absolute Gasteiger partial charge is 0.120 e. The molecule has 0 aliphatic heterocycles. The number of rotatable bonds is 6. The summed E-state index contributed by atoms with van der Waals surface area (Å²) in [5, 5.41) is 3.42. The number of aryl methyl sites for hydroxylation is 1. The second-order valence-electron chi connectivity index (χ2n) is 3.85. The summed E-state index contributed by atoms with van der Waals surface area (Å²) in [6.07, 6.45) is 8.42. The quantitative estimate of drug-likeness (QED) is 0.757. The molecular weight excluding hydrogens is 202 g/mol. The maximum Gasteiger partial charge on any atom is 0.120 e. The van der Waals surface area contributed by atoms with Gasteiger partial charge < -0.3 is 14.3 Å². The van der Waals surface area contributed by atoms with Crippen LogP contribution in [0.5, 0.6) is 0 Å². The van der Waals surface area contributed by atoms with E-state index >= 15 is 0 Å². The topological polar surface area (TPSA) is 43.0 Å². The van der Waals surface area contributed by atoms with Crippen LogP contribution in [0.15, 0.2) is 41.5 Å². The van der Waals surface area contributed by atoms with Gasteiger partial charge in [0.1, 0.15) is 5.76 Å². The molecule has 0 spiro atoms. The number of aromatic nitrogens is 2. The molecule has 2 aromatic heterocycles. The Morgan fingerprint density at radius 1 is 1.56 bits per heavy atom. The second kappa shape index (κ2) is 5.51. The van der Waals surface area contributed by atoms with Gasteiger partial charge in [0, 0.05) is 18.9 Å². The SMILES string of the molecule is C[C@H](NCCCn1ccnc1)c1ccco1. The highest BCUT2D eigenvalue weighted by molar-refractivity contribution is 5.02. The van der Waals surface area contributed by atoms with Gasteiger partial charge in [-0.2, -0.15) is 0 Å². The lowest BCUT2D eigenvalue weighted by Gasteiger charge is -2.11. The Balaban J connectivity index is 1.65. The van der Waals surface area contributed by atoms with Crippen molar-refractivity contribution in [3.63, 3.8) is 0 Å². The molecule has 0 saturated heterocycles. The number of imidazole rings is 1. The van der Waals surface area contributed by atoms with Crippen LogP contribution >= 0.6 is 0 Å². The minimum absolute atomic E-state index is 0.276. The fraction of sp³-hybridized carbons (Fsp3) is 0.417. The zero-order valence-electron chi connectivity index (χ0n) is 9.47. The molecule has 1 N–H and O–H groups in total. The minimum atomic E-state index is 0.276. The van der Waals surface area contributed by atoms with E-state index in [-0.39, 0.29) is 6.04 Å². The Kier molecular flexibility index (Phi) is 3.77. The minimum Gasteiger partial charge on any atom is -0.468 e. The Bertz CT molecular complexity index is 380. The van der Waals surface area contributed by atoms with E-state index in [0.29, 0.717) is 0 Å². The van der Waals surface area contributed by atoms with E-state index in [2.05, 4.69) is 21.8 Å². The van der Waals surface area contributed by atoms with Crippen LogP contribution in [0, 0.1) is 0 Å².